The van der Waals surface area contributed by atoms with Crippen LogP contribution < -0.4 is 10.5 Å². The van der Waals surface area contributed by atoms with Gasteiger partial charge in [0, 0.05) is 6.54 Å². The molecule has 1 heterocycles. The van der Waals surface area contributed by atoms with Crippen molar-refractivity contribution < 1.29 is 4.74 Å². The molecule has 1 aromatic heterocycles. The lowest BCUT2D eigenvalue weighted by Gasteiger charge is -2.11. The number of fused-ring (bicyclic) bond motifs is 1. The van der Waals surface area contributed by atoms with Gasteiger partial charge in [0.1, 0.15) is 18.2 Å². The minimum absolute atomic E-state index is 0.477. The van der Waals surface area contributed by atoms with Crippen molar-refractivity contribution in [1.29, 1.82) is 0 Å². The second kappa shape index (κ2) is 7.97. The van der Waals surface area contributed by atoms with E-state index in [4.69, 9.17) is 15.5 Å². The zero-order valence-electron chi connectivity index (χ0n) is 14.2. The summed E-state index contributed by atoms with van der Waals surface area (Å²) in [6.45, 7) is 4.27. The molecule has 3 aromatic rings. The Morgan fingerprint density at radius 2 is 1.96 bits per heavy atom. The van der Waals surface area contributed by atoms with Crippen LogP contribution in [0.4, 0.5) is 0 Å². The smallest absolute Gasteiger partial charge is 0.147 e. The second-order valence-electron chi connectivity index (χ2n) is 5.95. The van der Waals surface area contributed by atoms with Crippen LogP contribution in [0, 0.1) is 0 Å². The van der Waals surface area contributed by atoms with Crippen molar-refractivity contribution in [2.75, 3.05) is 6.54 Å². The van der Waals surface area contributed by atoms with Crippen molar-refractivity contribution >= 4 is 11.0 Å². The van der Waals surface area contributed by atoms with Gasteiger partial charge >= 0.3 is 0 Å². The topological polar surface area (TPSA) is 53.1 Å². The number of ether oxygens (including phenoxy) is 1. The summed E-state index contributed by atoms with van der Waals surface area (Å²) in [6, 6.07) is 16.5. The first-order valence-electron chi connectivity index (χ1n) is 8.67. The van der Waals surface area contributed by atoms with Gasteiger partial charge in [0.25, 0.3) is 0 Å². The summed E-state index contributed by atoms with van der Waals surface area (Å²) >= 11 is 0. The first-order valence-corrected chi connectivity index (χ1v) is 8.67. The highest BCUT2D eigenvalue weighted by Gasteiger charge is 2.11. The summed E-state index contributed by atoms with van der Waals surface area (Å²) in [5.41, 5.74) is 9.09. The molecule has 0 fully saturated rings. The van der Waals surface area contributed by atoms with Gasteiger partial charge in [-0.05, 0) is 55.6 Å². The molecule has 0 radical (unpaired) electrons. The minimum atomic E-state index is 0.477. The van der Waals surface area contributed by atoms with Crippen molar-refractivity contribution in [3.05, 3.63) is 59.9 Å². The number of aromatic nitrogens is 2. The van der Waals surface area contributed by atoms with Crippen molar-refractivity contribution in [3.63, 3.8) is 0 Å². The van der Waals surface area contributed by atoms with Crippen LogP contribution in [0.25, 0.3) is 11.0 Å². The van der Waals surface area contributed by atoms with Crippen molar-refractivity contribution in [2.45, 2.75) is 39.3 Å². The molecule has 24 heavy (non-hydrogen) atoms. The molecule has 2 aromatic carbocycles. The molecule has 0 spiro atoms. The molecule has 0 bridgehead atoms. The zero-order chi connectivity index (χ0) is 16.8. The number of benzene rings is 2. The predicted octanol–water partition coefficient (Wildman–Crippen LogP) is 3.92. The van der Waals surface area contributed by atoms with Gasteiger partial charge in [0.2, 0.25) is 0 Å². The van der Waals surface area contributed by atoms with Crippen LogP contribution in [-0.2, 0) is 19.6 Å². The number of hydrogen-bond acceptors (Lipinski definition) is 3. The molecule has 126 valence electrons. The zero-order valence-corrected chi connectivity index (χ0v) is 14.2. The number of nitrogens with zero attached hydrogens (tertiary/aromatic N) is 2. The van der Waals surface area contributed by atoms with Crippen LogP contribution in [0.5, 0.6) is 5.75 Å². The van der Waals surface area contributed by atoms with E-state index in [-0.39, 0.29) is 0 Å². The number of rotatable bonds is 8. The van der Waals surface area contributed by atoms with Gasteiger partial charge in [0.05, 0.1) is 11.0 Å². The summed E-state index contributed by atoms with van der Waals surface area (Å²) in [5, 5.41) is 0. The van der Waals surface area contributed by atoms with E-state index in [1.807, 2.05) is 18.2 Å². The first kappa shape index (κ1) is 16.5. The second-order valence-corrected chi connectivity index (χ2v) is 5.95. The Kier molecular flexibility index (Phi) is 5.49. The number of para-hydroxylation sites is 2. The Morgan fingerprint density at radius 3 is 2.79 bits per heavy atom. The van der Waals surface area contributed by atoms with E-state index in [0.29, 0.717) is 6.61 Å². The lowest BCUT2D eigenvalue weighted by atomic mass is 10.2. The lowest BCUT2D eigenvalue weighted by molar-refractivity contribution is 0.289. The third kappa shape index (κ3) is 3.77. The monoisotopic (exact) mass is 323 g/mol. The number of aryl methyl sites for hydroxylation is 2. The van der Waals surface area contributed by atoms with Crippen LogP contribution in [0.2, 0.25) is 0 Å². The fraction of sp³-hybridized carbons (Fsp3) is 0.350. The number of nitrogens with two attached hydrogens (primary N) is 1. The molecule has 0 aliphatic rings. The standard InChI is InChI=1S/C20H25N3O/c1-2-16-8-7-9-17(14-16)24-15-20-22-18-10-3-4-11-19(18)23(20)13-6-5-12-21/h3-4,7-11,14H,2,5-6,12-13,15,21H2,1H3. The fourth-order valence-electron chi connectivity index (χ4n) is 2.90. The van der Waals surface area contributed by atoms with Gasteiger partial charge in [0.15, 0.2) is 0 Å². The molecule has 3 rings (SSSR count). The number of imidazole rings is 1. The Bertz CT molecular complexity index is 794. The SMILES string of the molecule is CCc1cccc(OCc2nc3ccccc3n2CCCCN)c1. The van der Waals surface area contributed by atoms with Crippen LogP contribution >= 0.6 is 0 Å². The highest BCUT2D eigenvalue weighted by atomic mass is 16.5. The maximum absolute atomic E-state index is 6.00. The summed E-state index contributed by atoms with van der Waals surface area (Å²) in [7, 11) is 0. The summed E-state index contributed by atoms with van der Waals surface area (Å²) in [5.74, 6) is 1.87. The molecule has 4 heteroatoms. The van der Waals surface area contributed by atoms with Crippen LogP contribution in [0.1, 0.15) is 31.2 Å². The van der Waals surface area contributed by atoms with Crippen molar-refractivity contribution in [1.82, 2.24) is 9.55 Å². The molecule has 0 aliphatic carbocycles. The average molecular weight is 323 g/mol. The number of unbranched alkanes of at least 4 members (excludes halogenated alkanes) is 1. The Morgan fingerprint density at radius 1 is 1.08 bits per heavy atom. The first-order chi connectivity index (χ1) is 11.8. The van der Waals surface area contributed by atoms with Gasteiger partial charge in [-0.25, -0.2) is 4.98 Å². The Hall–Kier alpha value is -2.33. The Labute approximate surface area is 143 Å². The van der Waals surface area contributed by atoms with E-state index in [9.17, 15) is 0 Å². The molecule has 2 N–H and O–H groups in total. The molecular formula is C20H25N3O. The van der Waals surface area contributed by atoms with Gasteiger partial charge in [-0.15, -0.1) is 0 Å². The van der Waals surface area contributed by atoms with Crippen LogP contribution in [0.15, 0.2) is 48.5 Å². The Balaban J connectivity index is 1.80. The van der Waals surface area contributed by atoms with E-state index < -0.39 is 0 Å². The molecular weight excluding hydrogens is 298 g/mol. The minimum Gasteiger partial charge on any atom is -0.486 e. The van der Waals surface area contributed by atoms with E-state index in [1.165, 1.54) is 5.56 Å². The number of hydrogen-bond donors (Lipinski definition) is 1. The maximum Gasteiger partial charge on any atom is 0.147 e. The molecule has 0 saturated carbocycles. The highest BCUT2D eigenvalue weighted by Crippen LogP contribution is 2.20. The third-order valence-corrected chi connectivity index (χ3v) is 4.24. The molecule has 0 saturated heterocycles. The van der Waals surface area contributed by atoms with Crippen LogP contribution in [0.3, 0.4) is 0 Å². The molecule has 0 unspecified atom stereocenters. The van der Waals surface area contributed by atoms with Crippen LogP contribution in [-0.4, -0.2) is 16.1 Å². The molecule has 4 nitrogen and oxygen atoms in total. The average Bonchev–Trinajstić information content (AvgIpc) is 2.98. The van der Waals surface area contributed by atoms with Gasteiger partial charge in [-0.1, -0.05) is 31.2 Å². The van der Waals surface area contributed by atoms with E-state index in [0.717, 1.165) is 55.0 Å². The molecule has 0 amide bonds. The summed E-state index contributed by atoms with van der Waals surface area (Å²) < 4.78 is 8.26. The van der Waals surface area contributed by atoms with Gasteiger partial charge in [-0.3, -0.25) is 0 Å². The van der Waals surface area contributed by atoms with Crippen molar-refractivity contribution in [3.8, 4) is 5.75 Å². The van der Waals surface area contributed by atoms with E-state index >= 15 is 0 Å². The largest absolute Gasteiger partial charge is 0.486 e. The normalized spacial score (nSPS) is 11.1. The maximum atomic E-state index is 6.00. The summed E-state index contributed by atoms with van der Waals surface area (Å²) in [6.07, 6.45) is 3.08. The predicted molar refractivity (Wildman–Crippen MR) is 98.2 cm³/mol. The van der Waals surface area contributed by atoms with E-state index in [2.05, 4.69) is 41.8 Å². The molecule has 0 aliphatic heterocycles. The summed E-state index contributed by atoms with van der Waals surface area (Å²) in [4.78, 5) is 4.76. The molecule has 0 atom stereocenters. The third-order valence-electron chi connectivity index (χ3n) is 4.24. The van der Waals surface area contributed by atoms with Gasteiger partial charge < -0.3 is 15.0 Å². The quantitative estimate of drug-likeness (QED) is 0.639. The van der Waals surface area contributed by atoms with E-state index in [1.54, 1.807) is 0 Å². The highest BCUT2D eigenvalue weighted by molar-refractivity contribution is 5.75. The van der Waals surface area contributed by atoms with Crippen molar-refractivity contribution in [2.24, 2.45) is 5.73 Å². The fourth-order valence-corrected chi connectivity index (χ4v) is 2.90. The van der Waals surface area contributed by atoms with Gasteiger partial charge in [-0.2, -0.15) is 0 Å². The lowest BCUT2D eigenvalue weighted by Crippen LogP contribution is -2.09.